The second-order valence-corrected chi connectivity index (χ2v) is 5.78. The lowest BCUT2D eigenvalue weighted by Gasteiger charge is -2.10. The maximum Gasteiger partial charge on any atom is 0.306 e. The van der Waals surface area contributed by atoms with Crippen LogP contribution in [0.25, 0.3) is 0 Å². The minimum absolute atomic E-state index is 0.0238. The molecule has 0 fully saturated rings. The van der Waals surface area contributed by atoms with Crippen LogP contribution in [0.3, 0.4) is 0 Å². The highest BCUT2D eigenvalue weighted by atomic mass is 32.2. The van der Waals surface area contributed by atoms with E-state index in [2.05, 4.69) is 4.72 Å². The number of benzene rings is 1. The molecule has 0 aliphatic heterocycles. The monoisotopic (exact) mass is 292 g/mol. The summed E-state index contributed by atoms with van der Waals surface area (Å²) in [5.74, 6) is -1.40. The molecular weight excluding hydrogens is 279 g/mol. The SMILES string of the molecule is CC(CO)CNS(=O)(=O)c1ccc(F)c([N+](=O)[O-])c1. The normalized spacial score (nSPS) is 13.2. The van der Waals surface area contributed by atoms with Gasteiger partial charge in [0.1, 0.15) is 0 Å². The lowest BCUT2D eigenvalue weighted by molar-refractivity contribution is -0.387. The van der Waals surface area contributed by atoms with Gasteiger partial charge >= 0.3 is 5.69 Å². The van der Waals surface area contributed by atoms with Gasteiger partial charge in [0.15, 0.2) is 0 Å². The molecule has 7 nitrogen and oxygen atoms in total. The van der Waals surface area contributed by atoms with Gasteiger partial charge in [-0.2, -0.15) is 4.39 Å². The van der Waals surface area contributed by atoms with Crippen molar-refractivity contribution in [3.8, 4) is 0 Å². The third-order valence-corrected chi connectivity index (χ3v) is 3.78. The molecule has 0 spiro atoms. The zero-order chi connectivity index (χ0) is 14.6. The molecular formula is C10H13FN2O5S. The zero-order valence-electron chi connectivity index (χ0n) is 10.0. The van der Waals surface area contributed by atoms with Crippen LogP contribution in [0.1, 0.15) is 6.92 Å². The summed E-state index contributed by atoms with van der Waals surface area (Å²) in [5.41, 5.74) is -0.905. The van der Waals surface area contributed by atoms with Gasteiger partial charge in [0.2, 0.25) is 15.8 Å². The van der Waals surface area contributed by atoms with E-state index in [4.69, 9.17) is 5.11 Å². The Morgan fingerprint density at radius 3 is 2.68 bits per heavy atom. The largest absolute Gasteiger partial charge is 0.396 e. The molecule has 0 saturated heterocycles. The second-order valence-electron chi connectivity index (χ2n) is 4.01. The van der Waals surface area contributed by atoms with Crippen LogP contribution >= 0.6 is 0 Å². The maximum atomic E-state index is 13.1. The van der Waals surface area contributed by atoms with Crippen molar-refractivity contribution in [1.29, 1.82) is 0 Å². The van der Waals surface area contributed by atoms with Crippen LogP contribution in [0.2, 0.25) is 0 Å². The number of nitro groups is 1. The number of aliphatic hydroxyl groups is 1. The zero-order valence-corrected chi connectivity index (χ0v) is 10.9. The predicted molar refractivity (Wildman–Crippen MR) is 64.5 cm³/mol. The molecule has 2 N–H and O–H groups in total. The molecule has 1 rings (SSSR count). The fraction of sp³-hybridized carbons (Fsp3) is 0.400. The Bertz CT molecular complexity index is 575. The Morgan fingerprint density at radius 2 is 2.16 bits per heavy atom. The van der Waals surface area contributed by atoms with Gasteiger partial charge in [-0.25, -0.2) is 13.1 Å². The van der Waals surface area contributed by atoms with Crippen molar-refractivity contribution in [2.75, 3.05) is 13.2 Å². The van der Waals surface area contributed by atoms with Crippen LogP contribution in [0.4, 0.5) is 10.1 Å². The van der Waals surface area contributed by atoms with Crippen molar-refractivity contribution in [2.24, 2.45) is 5.92 Å². The third kappa shape index (κ3) is 3.94. The first kappa shape index (κ1) is 15.5. The van der Waals surface area contributed by atoms with Crippen molar-refractivity contribution in [3.05, 3.63) is 34.1 Å². The van der Waals surface area contributed by atoms with Crippen molar-refractivity contribution < 1.29 is 22.8 Å². The number of sulfonamides is 1. The quantitative estimate of drug-likeness (QED) is 0.590. The summed E-state index contributed by atoms with van der Waals surface area (Å²) in [6.07, 6.45) is 0. The second kappa shape index (κ2) is 6.04. The predicted octanol–water partition coefficient (Wildman–Crippen LogP) is 0.641. The molecule has 1 unspecified atom stereocenters. The lowest BCUT2D eigenvalue weighted by Crippen LogP contribution is -2.29. The first-order valence-corrected chi connectivity index (χ1v) is 6.80. The number of hydrogen-bond donors (Lipinski definition) is 2. The van der Waals surface area contributed by atoms with Crippen molar-refractivity contribution in [2.45, 2.75) is 11.8 Å². The Balaban J connectivity index is 3.02. The van der Waals surface area contributed by atoms with Gasteiger partial charge < -0.3 is 5.11 Å². The highest BCUT2D eigenvalue weighted by molar-refractivity contribution is 7.89. The van der Waals surface area contributed by atoms with Crippen LogP contribution < -0.4 is 4.72 Å². The first-order valence-electron chi connectivity index (χ1n) is 5.32. The molecule has 106 valence electrons. The van der Waals surface area contributed by atoms with Gasteiger partial charge in [-0.15, -0.1) is 0 Å². The van der Waals surface area contributed by atoms with E-state index in [0.29, 0.717) is 6.07 Å². The van der Waals surface area contributed by atoms with Crippen LogP contribution in [0.15, 0.2) is 23.1 Å². The van der Waals surface area contributed by atoms with Gasteiger partial charge in [-0.05, 0) is 18.1 Å². The molecule has 0 heterocycles. The molecule has 0 bridgehead atoms. The standard InChI is InChI=1S/C10H13FN2O5S/c1-7(6-14)5-12-19(17,18)8-2-3-9(11)10(4-8)13(15)16/h2-4,7,12,14H,5-6H2,1H3. The van der Waals surface area contributed by atoms with E-state index in [0.717, 1.165) is 12.1 Å². The average molecular weight is 292 g/mol. The number of nitrogens with one attached hydrogen (secondary N) is 1. The number of aliphatic hydroxyl groups excluding tert-OH is 1. The van der Waals surface area contributed by atoms with Gasteiger partial charge in [-0.3, -0.25) is 10.1 Å². The summed E-state index contributed by atoms with van der Waals surface area (Å²) in [7, 11) is -3.97. The number of rotatable bonds is 6. The molecule has 0 amide bonds. The highest BCUT2D eigenvalue weighted by Crippen LogP contribution is 2.21. The fourth-order valence-corrected chi connectivity index (χ4v) is 2.38. The van der Waals surface area contributed by atoms with E-state index in [9.17, 15) is 22.9 Å². The number of nitro benzene ring substituents is 1. The fourth-order valence-electron chi connectivity index (χ4n) is 1.20. The molecule has 0 aliphatic carbocycles. The minimum atomic E-state index is -3.97. The molecule has 19 heavy (non-hydrogen) atoms. The van der Waals surface area contributed by atoms with Crippen LogP contribution in [0.5, 0.6) is 0 Å². The van der Waals surface area contributed by atoms with Gasteiger partial charge in [0.05, 0.1) is 9.82 Å². The average Bonchev–Trinajstić information content (AvgIpc) is 2.35. The van der Waals surface area contributed by atoms with Crippen LogP contribution in [0, 0.1) is 21.8 Å². The van der Waals surface area contributed by atoms with Gasteiger partial charge in [0, 0.05) is 19.2 Å². The first-order chi connectivity index (χ1) is 8.77. The van der Waals surface area contributed by atoms with Gasteiger partial charge in [-0.1, -0.05) is 6.92 Å². The Kier molecular flexibility index (Phi) is 4.92. The number of nitrogens with zero attached hydrogens (tertiary/aromatic N) is 1. The maximum absolute atomic E-state index is 13.1. The summed E-state index contributed by atoms with van der Waals surface area (Å²) in [6.45, 7) is 1.39. The highest BCUT2D eigenvalue weighted by Gasteiger charge is 2.21. The molecule has 9 heteroatoms. The minimum Gasteiger partial charge on any atom is -0.396 e. The smallest absolute Gasteiger partial charge is 0.306 e. The Labute approximate surface area is 109 Å². The third-order valence-electron chi connectivity index (χ3n) is 2.36. The van der Waals surface area contributed by atoms with E-state index < -0.39 is 31.3 Å². The van der Waals surface area contributed by atoms with Crippen LogP contribution in [-0.4, -0.2) is 31.6 Å². The summed E-state index contributed by atoms with van der Waals surface area (Å²) < 4.78 is 38.9. The molecule has 0 aromatic heterocycles. The Hall–Kier alpha value is -1.58. The Morgan fingerprint density at radius 1 is 1.53 bits per heavy atom. The van der Waals surface area contributed by atoms with Crippen molar-refractivity contribution in [1.82, 2.24) is 4.72 Å². The molecule has 1 aromatic rings. The summed E-state index contributed by atoms with van der Waals surface area (Å²) in [4.78, 5) is 9.14. The molecule has 0 saturated carbocycles. The van der Waals surface area contributed by atoms with E-state index in [1.807, 2.05) is 0 Å². The summed E-state index contributed by atoms with van der Waals surface area (Å²) in [5, 5.41) is 19.3. The lowest BCUT2D eigenvalue weighted by atomic mass is 10.2. The van der Waals surface area contributed by atoms with E-state index in [1.54, 1.807) is 6.92 Å². The van der Waals surface area contributed by atoms with Crippen LogP contribution in [-0.2, 0) is 10.0 Å². The molecule has 1 aromatic carbocycles. The topological polar surface area (TPSA) is 110 Å². The van der Waals surface area contributed by atoms with Crippen molar-refractivity contribution in [3.63, 3.8) is 0 Å². The molecule has 0 aliphatic rings. The van der Waals surface area contributed by atoms with E-state index in [-0.39, 0.29) is 19.1 Å². The molecule has 1 atom stereocenters. The number of hydrogen-bond acceptors (Lipinski definition) is 5. The van der Waals surface area contributed by atoms with Crippen molar-refractivity contribution >= 4 is 15.7 Å². The van der Waals surface area contributed by atoms with E-state index >= 15 is 0 Å². The summed E-state index contributed by atoms with van der Waals surface area (Å²) >= 11 is 0. The van der Waals surface area contributed by atoms with Gasteiger partial charge in [0.25, 0.3) is 0 Å². The van der Waals surface area contributed by atoms with E-state index in [1.165, 1.54) is 0 Å². The molecule has 0 radical (unpaired) electrons. The number of halogens is 1. The summed E-state index contributed by atoms with van der Waals surface area (Å²) in [6, 6.07) is 2.32.